The smallest absolute Gasteiger partial charge is 0.254 e. The highest BCUT2D eigenvalue weighted by Crippen LogP contribution is 2.24. The lowest BCUT2D eigenvalue weighted by Crippen LogP contribution is -2.23. The molecule has 0 aliphatic rings. The van der Waals surface area contributed by atoms with Gasteiger partial charge in [0.1, 0.15) is 5.82 Å². The van der Waals surface area contributed by atoms with Gasteiger partial charge in [0, 0.05) is 29.6 Å². The Balaban J connectivity index is 1.62. The van der Waals surface area contributed by atoms with Gasteiger partial charge in [-0.2, -0.15) is 0 Å². The van der Waals surface area contributed by atoms with Crippen LogP contribution in [0.25, 0.3) is 0 Å². The number of halogens is 2. The van der Waals surface area contributed by atoms with Crippen LogP contribution >= 0.6 is 11.6 Å². The van der Waals surface area contributed by atoms with E-state index in [1.807, 2.05) is 19.1 Å². The van der Waals surface area contributed by atoms with Gasteiger partial charge in [-0.1, -0.05) is 29.8 Å². The van der Waals surface area contributed by atoms with Crippen molar-refractivity contribution in [2.75, 3.05) is 5.32 Å². The summed E-state index contributed by atoms with van der Waals surface area (Å²) in [4.78, 5) is 20.5. The van der Waals surface area contributed by atoms with Crippen molar-refractivity contribution >= 4 is 29.1 Å². The molecule has 0 atom stereocenters. The average Bonchev–Trinajstić information content (AvgIpc) is 2.65. The Bertz CT molecular complexity index is 914. The van der Waals surface area contributed by atoms with Crippen molar-refractivity contribution in [3.63, 3.8) is 0 Å². The first kappa shape index (κ1) is 17.8. The Morgan fingerprint density at radius 1 is 1.12 bits per heavy atom. The highest BCUT2D eigenvalue weighted by molar-refractivity contribution is 6.31. The number of hydrogen-bond donors (Lipinski definition) is 2. The lowest BCUT2D eigenvalue weighted by Gasteiger charge is -2.09. The number of aromatic nitrogens is 2. The maximum Gasteiger partial charge on any atom is 0.254 e. The minimum Gasteiger partial charge on any atom is -0.348 e. The summed E-state index contributed by atoms with van der Waals surface area (Å²) in [5, 5.41) is 6.45. The molecule has 5 nitrogen and oxygen atoms in total. The summed E-state index contributed by atoms with van der Waals surface area (Å²) in [6.07, 6.45) is 2.88. The Morgan fingerprint density at radius 2 is 1.81 bits per heavy atom. The number of rotatable bonds is 5. The third kappa shape index (κ3) is 4.34. The van der Waals surface area contributed by atoms with Gasteiger partial charge < -0.3 is 10.6 Å². The number of benzene rings is 2. The summed E-state index contributed by atoms with van der Waals surface area (Å²) in [5.41, 5.74) is 2.82. The fourth-order valence-electron chi connectivity index (χ4n) is 2.26. The molecule has 0 aliphatic heterocycles. The summed E-state index contributed by atoms with van der Waals surface area (Å²) < 4.78 is 12.9. The predicted octanol–water partition coefficient (Wildman–Crippen LogP) is 4.25. The van der Waals surface area contributed by atoms with Crippen molar-refractivity contribution in [2.24, 2.45) is 0 Å². The average molecular weight is 371 g/mol. The molecular weight excluding hydrogens is 355 g/mol. The summed E-state index contributed by atoms with van der Waals surface area (Å²) in [5.74, 6) is -0.253. The van der Waals surface area contributed by atoms with Crippen molar-refractivity contribution in [2.45, 2.75) is 13.5 Å². The van der Waals surface area contributed by atoms with Gasteiger partial charge in [-0.05, 0) is 42.3 Å². The molecule has 7 heteroatoms. The second-order valence-corrected chi connectivity index (χ2v) is 6.05. The van der Waals surface area contributed by atoms with Crippen LogP contribution < -0.4 is 10.6 Å². The minimum atomic E-state index is -0.313. The van der Waals surface area contributed by atoms with Crippen LogP contribution in [-0.4, -0.2) is 15.9 Å². The molecule has 0 spiro atoms. The van der Waals surface area contributed by atoms with Crippen LogP contribution in [0.3, 0.4) is 0 Å². The Morgan fingerprint density at radius 3 is 2.50 bits per heavy atom. The van der Waals surface area contributed by atoms with Crippen LogP contribution in [-0.2, 0) is 6.54 Å². The summed E-state index contributed by atoms with van der Waals surface area (Å²) in [6.45, 7) is 2.18. The molecule has 1 heterocycles. The first-order valence-electron chi connectivity index (χ1n) is 7.90. The van der Waals surface area contributed by atoms with Crippen molar-refractivity contribution in [1.82, 2.24) is 15.3 Å². The van der Waals surface area contributed by atoms with E-state index in [2.05, 4.69) is 20.6 Å². The Kier molecular flexibility index (Phi) is 5.43. The van der Waals surface area contributed by atoms with Gasteiger partial charge in [0.2, 0.25) is 5.95 Å². The Labute approximate surface area is 155 Å². The molecular formula is C19H16ClFN4O. The molecule has 2 aromatic carbocycles. The topological polar surface area (TPSA) is 66.9 Å². The summed E-state index contributed by atoms with van der Waals surface area (Å²) in [7, 11) is 0. The van der Waals surface area contributed by atoms with E-state index in [0.717, 1.165) is 16.8 Å². The molecule has 1 amide bonds. The van der Waals surface area contributed by atoms with Gasteiger partial charge in [-0.15, -0.1) is 0 Å². The van der Waals surface area contributed by atoms with E-state index >= 15 is 0 Å². The molecule has 0 saturated heterocycles. The monoisotopic (exact) mass is 370 g/mol. The van der Waals surface area contributed by atoms with Crippen LogP contribution in [0.4, 0.5) is 16.0 Å². The van der Waals surface area contributed by atoms with E-state index in [4.69, 9.17) is 11.6 Å². The molecule has 0 aliphatic carbocycles. The summed E-state index contributed by atoms with van der Waals surface area (Å²) in [6, 6.07) is 11.4. The fourth-order valence-corrected chi connectivity index (χ4v) is 2.43. The minimum absolute atomic E-state index is 0.292. The van der Waals surface area contributed by atoms with Crippen molar-refractivity contribution in [1.29, 1.82) is 0 Å². The molecule has 0 saturated carbocycles. The maximum atomic E-state index is 12.9. The largest absolute Gasteiger partial charge is 0.348 e. The number of amides is 1. The van der Waals surface area contributed by atoms with Gasteiger partial charge in [0.25, 0.3) is 5.91 Å². The first-order valence-corrected chi connectivity index (χ1v) is 8.27. The quantitative estimate of drug-likeness (QED) is 0.704. The number of carbonyl (C=O) groups excluding carboxylic acids is 1. The third-order valence-electron chi connectivity index (χ3n) is 3.79. The third-order valence-corrected chi connectivity index (χ3v) is 4.20. The number of nitrogens with one attached hydrogen (secondary N) is 2. The lowest BCUT2D eigenvalue weighted by molar-refractivity contribution is 0.0950. The summed E-state index contributed by atoms with van der Waals surface area (Å²) >= 11 is 6.09. The SMILES string of the molecule is Cc1c(Cl)cccc1Nc1ncc(C(=O)NCc2ccc(F)cc2)cn1. The van der Waals surface area contributed by atoms with Crippen LogP contribution in [0.5, 0.6) is 0 Å². The number of hydrogen-bond acceptors (Lipinski definition) is 4. The molecule has 0 radical (unpaired) electrons. The van der Waals surface area contributed by atoms with E-state index in [1.165, 1.54) is 24.5 Å². The van der Waals surface area contributed by atoms with Gasteiger partial charge in [-0.3, -0.25) is 4.79 Å². The molecule has 0 unspecified atom stereocenters. The molecule has 3 aromatic rings. The lowest BCUT2D eigenvalue weighted by atomic mass is 10.2. The van der Waals surface area contributed by atoms with Gasteiger partial charge in [-0.25, -0.2) is 14.4 Å². The van der Waals surface area contributed by atoms with Crippen molar-refractivity contribution < 1.29 is 9.18 Å². The van der Waals surface area contributed by atoms with Gasteiger partial charge >= 0.3 is 0 Å². The predicted molar refractivity (Wildman–Crippen MR) is 99.1 cm³/mol. The van der Waals surface area contributed by atoms with Crippen LogP contribution in [0.1, 0.15) is 21.5 Å². The maximum absolute atomic E-state index is 12.9. The van der Waals surface area contributed by atoms with Crippen LogP contribution in [0.2, 0.25) is 5.02 Å². The standard InChI is InChI=1S/C19H16ClFN4O/c1-12-16(20)3-2-4-17(12)25-19-23-10-14(11-24-19)18(26)22-9-13-5-7-15(21)8-6-13/h2-8,10-11H,9H2,1H3,(H,22,26)(H,23,24,25). The van der Waals surface area contributed by atoms with E-state index in [9.17, 15) is 9.18 Å². The number of anilines is 2. The number of nitrogens with zero attached hydrogens (tertiary/aromatic N) is 2. The number of carbonyl (C=O) groups is 1. The zero-order valence-electron chi connectivity index (χ0n) is 14.0. The molecule has 2 N–H and O–H groups in total. The molecule has 3 rings (SSSR count). The van der Waals surface area contributed by atoms with Crippen molar-refractivity contribution in [3.05, 3.63) is 82.4 Å². The van der Waals surface area contributed by atoms with E-state index in [1.54, 1.807) is 18.2 Å². The van der Waals surface area contributed by atoms with Gasteiger partial charge in [0.15, 0.2) is 0 Å². The second-order valence-electron chi connectivity index (χ2n) is 5.64. The van der Waals surface area contributed by atoms with Crippen LogP contribution in [0.15, 0.2) is 54.9 Å². The zero-order valence-corrected chi connectivity index (χ0v) is 14.7. The normalized spacial score (nSPS) is 10.4. The molecule has 1 aromatic heterocycles. The van der Waals surface area contributed by atoms with Crippen molar-refractivity contribution in [3.8, 4) is 0 Å². The van der Waals surface area contributed by atoms with E-state index in [-0.39, 0.29) is 11.7 Å². The molecule has 0 bridgehead atoms. The van der Waals surface area contributed by atoms with E-state index in [0.29, 0.717) is 23.1 Å². The van der Waals surface area contributed by atoms with E-state index < -0.39 is 0 Å². The Hall–Kier alpha value is -2.99. The molecule has 26 heavy (non-hydrogen) atoms. The molecule has 0 fully saturated rings. The molecule has 132 valence electrons. The van der Waals surface area contributed by atoms with Gasteiger partial charge in [0.05, 0.1) is 5.56 Å². The highest BCUT2D eigenvalue weighted by atomic mass is 35.5. The second kappa shape index (κ2) is 7.93. The highest BCUT2D eigenvalue weighted by Gasteiger charge is 2.08. The zero-order chi connectivity index (χ0) is 18.5. The van der Waals surface area contributed by atoms with Crippen LogP contribution in [0, 0.1) is 12.7 Å². The first-order chi connectivity index (χ1) is 12.5. The fraction of sp³-hybridized carbons (Fsp3) is 0.105.